The molecule has 7 heteroatoms. The predicted molar refractivity (Wildman–Crippen MR) is 86.2 cm³/mol. The lowest BCUT2D eigenvalue weighted by Gasteiger charge is -2.19. The number of benzene rings is 1. The molecule has 0 aliphatic carbocycles. The second-order valence-electron chi connectivity index (χ2n) is 5.88. The number of nitrogens with one attached hydrogen (secondary N) is 2. The SMILES string of the molecule is C[C@H](N[C@@H](C)CCCCO)C(=O)NC(=O)Cc1cc(F)cc(F)c1. The van der Waals surface area contributed by atoms with Gasteiger partial charge in [-0.05, 0) is 50.8 Å². The molecule has 0 saturated carbocycles. The number of amides is 2. The highest BCUT2D eigenvalue weighted by atomic mass is 19.1. The molecule has 0 unspecified atom stereocenters. The Kier molecular flexibility index (Phi) is 8.49. The maximum atomic E-state index is 13.1. The van der Waals surface area contributed by atoms with E-state index < -0.39 is 29.5 Å². The van der Waals surface area contributed by atoms with Gasteiger partial charge >= 0.3 is 0 Å². The number of aliphatic hydroxyl groups is 1. The molecule has 0 heterocycles. The highest BCUT2D eigenvalue weighted by molar-refractivity contribution is 5.98. The number of aliphatic hydroxyl groups excluding tert-OH is 1. The first-order valence-corrected chi connectivity index (χ1v) is 7.97. The van der Waals surface area contributed by atoms with Crippen LogP contribution in [0.15, 0.2) is 18.2 Å². The predicted octanol–water partition coefficient (Wildman–Crippen LogP) is 1.68. The van der Waals surface area contributed by atoms with Gasteiger partial charge in [-0.15, -0.1) is 0 Å². The molecule has 0 aromatic heterocycles. The summed E-state index contributed by atoms with van der Waals surface area (Å²) in [7, 11) is 0. The van der Waals surface area contributed by atoms with Crippen LogP contribution in [-0.4, -0.2) is 35.6 Å². The molecule has 3 N–H and O–H groups in total. The summed E-state index contributed by atoms with van der Waals surface area (Å²) < 4.78 is 26.2. The van der Waals surface area contributed by atoms with Crippen LogP contribution in [0.25, 0.3) is 0 Å². The summed E-state index contributed by atoms with van der Waals surface area (Å²) in [6.45, 7) is 3.68. The smallest absolute Gasteiger partial charge is 0.243 e. The Labute approximate surface area is 140 Å². The lowest BCUT2D eigenvalue weighted by atomic mass is 10.1. The number of halogens is 2. The Morgan fingerprint density at radius 3 is 2.33 bits per heavy atom. The average molecular weight is 342 g/mol. The van der Waals surface area contributed by atoms with Gasteiger partial charge in [0.05, 0.1) is 12.5 Å². The summed E-state index contributed by atoms with van der Waals surface area (Å²) in [6, 6.07) is 2.30. The van der Waals surface area contributed by atoms with Gasteiger partial charge < -0.3 is 10.4 Å². The highest BCUT2D eigenvalue weighted by Crippen LogP contribution is 2.08. The number of rotatable bonds is 9. The van der Waals surface area contributed by atoms with E-state index in [1.54, 1.807) is 6.92 Å². The molecule has 0 aliphatic heterocycles. The molecule has 0 bridgehead atoms. The highest BCUT2D eigenvalue weighted by Gasteiger charge is 2.18. The van der Waals surface area contributed by atoms with Crippen molar-refractivity contribution in [3.8, 4) is 0 Å². The molecule has 1 rings (SSSR count). The van der Waals surface area contributed by atoms with E-state index in [-0.39, 0.29) is 24.6 Å². The van der Waals surface area contributed by atoms with Crippen molar-refractivity contribution in [2.24, 2.45) is 0 Å². The topological polar surface area (TPSA) is 78.4 Å². The van der Waals surface area contributed by atoms with Crippen molar-refractivity contribution in [2.75, 3.05) is 6.61 Å². The van der Waals surface area contributed by atoms with Crippen LogP contribution in [0.1, 0.15) is 38.7 Å². The van der Waals surface area contributed by atoms with Crippen molar-refractivity contribution >= 4 is 11.8 Å². The van der Waals surface area contributed by atoms with Gasteiger partial charge in [0.15, 0.2) is 0 Å². The fraction of sp³-hybridized carbons (Fsp3) is 0.529. The maximum absolute atomic E-state index is 13.1. The number of unbranched alkanes of at least 4 members (excludes halogenated alkanes) is 1. The van der Waals surface area contributed by atoms with Crippen molar-refractivity contribution in [1.82, 2.24) is 10.6 Å². The normalized spacial score (nSPS) is 13.4. The second-order valence-corrected chi connectivity index (χ2v) is 5.88. The largest absolute Gasteiger partial charge is 0.396 e. The number of carbonyl (C=O) groups is 2. The van der Waals surface area contributed by atoms with E-state index in [1.807, 2.05) is 6.92 Å². The molecule has 0 radical (unpaired) electrons. The van der Waals surface area contributed by atoms with Crippen molar-refractivity contribution in [3.63, 3.8) is 0 Å². The van der Waals surface area contributed by atoms with Gasteiger partial charge in [0, 0.05) is 18.7 Å². The number of imide groups is 1. The summed E-state index contributed by atoms with van der Waals surface area (Å²) in [5, 5.41) is 14.0. The molecular formula is C17H24F2N2O3. The molecule has 24 heavy (non-hydrogen) atoms. The molecule has 1 aromatic carbocycles. The van der Waals surface area contributed by atoms with E-state index in [1.165, 1.54) is 0 Å². The summed E-state index contributed by atoms with van der Waals surface area (Å²) in [4.78, 5) is 23.8. The van der Waals surface area contributed by atoms with Crippen LogP contribution in [0.3, 0.4) is 0 Å². The van der Waals surface area contributed by atoms with Gasteiger partial charge in [0.25, 0.3) is 0 Å². The molecule has 0 saturated heterocycles. The molecule has 134 valence electrons. The standard InChI is InChI=1S/C17H24F2N2O3/c1-11(5-3-4-6-22)20-12(2)17(24)21-16(23)9-13-7-14(18)10-15(19)8-13/h7-8,10-12,20,22H,3-6,9H2,1-2H3,(H,21,23,24)/t11-,12-/m0/s1. The van der Waals surface area contributed by atoms with E-state index >= 15 is 0 Å². The molecular weight excluding hydrogens is 318 g/mol. The fourth-order valence-corrected chi connectivity index (χ4v) is 2.34. The monoisotopic (exact) mass is 342 g/mol. The Hall–Kier alpha value is -1.86. The zero-order chi connectivity index (χ0) is 18.1. The molecule has 1 aromatic rings. The van der Waals surface area contributed by atoms with Crippen LogP contribution in [0.4, 0.5) is 8.78 Å². The van der Waals surface area contributed by atoms with Crippen molar-refractivity contribution in [3.05, 3.63) is 35.4 Å². The third-order valence-corrected chi connectivity index (χ3v) is 3.52. The maximum Gasteiger partial charge on any atom is 0.243 e. The van der Waals surface area contributed by atoms with Gasteiger partial charge in [-0.25, -0.2) is 8.78 Å². The van der Waals surface area contributed by atoms with Crippen LogP contribution in [-0.2, 0) is 16.0 Å². The fourth-order valence-electron chi connectivity index (χ4n) is 2.34. The molecule has 0 spiro atoms. The Balaban J connectivity index is 2.43. The van der Waals surface area contributed by atoms with E-state index in [9.17, 15) is 18.4 Å². The number of hydrogen-bond acceptors (Lipinski definition) is 4. The van der Waals surface area contributed by atoms with E-state index in [0.29, 0.717) is 6.42 Å². The minimum Gasteiger partial charge on any atom is -0.396 e. The van der Waals surface area contributed by atoms with Crippen molar-refractivity contribution in [1.29, 1.82) is 0 Å². The minimum absolute atomic E-state index is 0.0599. The van der Waals surface area contributed by atoms with Gasteiger partial charge in [0.1, 0.15) is 11.6 Å². The van der Waals surface area contributed by atoms with Gasteiger partial charge in [-0.1, -0.05) is 0 Å². The lowest BCUT2D eigenvalue weighted by molar-refractivity contribution is -0.131. The van der Waals surface area contributed by atoms with Crippen LogP contribution in [0.2, 0.25) is 0 Å². The van der Waals surface area contributed by atoms with Crippen LogP contribution in [0, 0.1) is 11.6 Å². The van der Waals surface area contributed by atoms with Gasteiger partial charge in [-0.2, -0.15) is 0 Å². The molecule has 0 aliphatic rings. The molecule has 2 amide bonds. The molecule has 0 fully saturated rings. The summed E-state index contributed by atoms with van der Waals surface area (Å²) in [6.07, 6.45) is 2.06. The first-order valence-electron chi connectivity index (χ1n) is 7.97. The first-order chi connectivity index (χ1) is 11.3. The van der Waals surface area contributed by atoms with Crippen molar-refractivity contribution in [2.45, 2.75) is 51.6 Å². The summed E-state index contributed by atoms with van der Waals surface area (Å²) in [5.74, 6) is -2.65. The van der Waals surface area contributed by atoms with E-state index in [0.717, 1.165) is 31.0 Å². The van der Waals surface area contributed by atoms with Crippen LogP contribution >= 0.6 is 0 Å². The Bertz CT molecular complexity index is 547. The Morgan fingerprint density at radius 2 is 1.75 bits per heavy atom. The van der Waals surface area contributed by atoms with Gasteiger partial charge in [0.2, 0.25) is 11.8 Å². The van der Waals surface area contributed by atoms with Crippen LogP contribution in [0.5, 0.6) is 0 Å². The third kappa shape index (κ3) is 7.61. The minimum atomic E-state index is -0.768. The quantitative estimate of drug-likeness (QED) is 0.597. The van der Waals surface area contributed by atoms with Gasteiger partial charge in [-0.3, -0.25) is 14.9 Å². The second kappa shape index (κ2) is 10.1. The average Bonchev–Trinajstić information content (AvgIpc) is 2.45. The zero-order valence-electron chi connectivity index (χ0n) is 13.9. The zero-order valence-corrected chi connectivity index (χ0v) is 13.9. The third-order valence-electron chi connectivity index (χ3n) is 3.52. The molecule has 5 nitrogen and oxygen atoms in total. The summed E-state index contributed by atoms with van der Waals surface area (Å²) in [5.41, 5.74) is 0.163. The summed E-state index contributed by atoms with van der Waals surface area (Å²) >= 11 is 0. The lowest BCUT2D eigenvalue weighted by Crippen LogP contribution is -2.47. The van der Waals surface area contributed by atoms with E-state index in [2.05, 4.69) is 10.6 Å². The Morgan fingerprint density at radius 1 is 1.12 bits per heavy atom. The van der Waals surface area contributed by atoms with Crippen molar-refractivity contribution < 1.29 is 23.5 Å². The van der Waals surface area contributed by atoms with Crippen LogP contribution < -0.4 is 10.6 Å². The van der Waals surface area contributed by atoms with E-state index in [4.69, 9.17) is 5.11 Å². The number of carbonyl (C=O) groups excluding carboxylic acids is 2. The molecule has 2 atom stereocenters. The number of hydrogen-bond donors (Lipinski definition) is 3. The first kappa shape index (κ1) is 20.2.